The Morgan fingerprint density at radius 3 is 2.50 bits per heavy atom. The Hall–Kier alpha value is -4.04. The lowest BCUT2D eigenvalue weighted by Crippen LogP contribution is -2.11. The van der Waals surface area contributed by atoms with Gasteiger partial charge in [0.1, 0.15) is 22.0 Å². The first-order valence-corrected chi connectivity index (χ1v) is 11.2. The summed E-state index contributed by atoms with van der Waals surface area (Å²) in [7, 11) is 4.49. The fraction of sp³-hybridized carbons (Fsp3) is 0.154. The number of anilines is 1. The van der Waals surface area contributed by atoms with E-state index in [-0.39, 0.29) is 5.91 Å². The summed E-state index contributed by atoms with van der Waals surface area (Å²) >= 11 is 1.20. The SMILES string of the molecule is COC(=O)c1sccc1NC(=O)/C=C(\C)c1cc2c(-c3ccccc3OC)coc2cc1OC. The monoisotopic (exact) mass is 477 g/mol. The Morgan fingerprint density at radius 1 is 1.00 bits per heavy atom. The molecule has 0 atom stereocenters. The van der Waals surface area contributed by atoms with Crippen LogP contribution in [0.15, 0.2) is 64.6 Å². The van der Waals surface area contributed by atoms with E-state index in [0.717, 1.165) is 27.8 Å². The molecular formula is C26H23NO6S. The minimum absolute atomic E-state index is 0.334. The number of allylic oxidation sites excluding steroid dienone is 1. The zero-order valence-corrected chi connectivity index (χ0v) is 19.9. The summed E-state index contributed by atoms with van der Waals surface area (Å²) < 4.78 is 21.7. The van der Waals surface area contributed by atoms with Crippen LogP contribution in [0.2, 0.25) is 0 Å². The van der Waals surface area contributed by atoms with E-state index >= 15 is 0 Å². The quantitative estimate of drug-likeness (QED) is 0.259. The van der Waals surface area contributed by atoms with Gasteiger partial charge in [-0.25, -0.2) is 4.79 Å². The highest BCUT2D eigenvalue weighted by Crippen LogP contribution is 2.40. The van der Waals surface area contributed by atoms with Crippen molar-refractivity contribution in [2.24, 2.45) is 0 Å². The molecule has 1 N–H and O–H groups in total. The summed E-state index contributed by atoms with van der Waals surface area (Å²) in [5.41, 5.74) is 4.24. The second-order valence-electron chi connectivity index (χ2n) is 7.37. The zero-order valence-electron chi connectivity index (χ0n) is 19.1. The number of esters is 1. The number of hydrogen-bond acceptors (Lipinski definition) is 7. The highest BCUT2D eigenvalue weighted by Gasteiger charge is 2.18. The normalized spacial score (nSPS) is 11.4. The summed E-state index contributed by atoms with van der Waals surface area (Å²) in [5.74, 6) is 0.425. The van der Waals surface area contributed by atoms with Crippen molar-refractivity contribution in [1.82, 2.24) is 0 Å². The molecule has 2 heterocycles. The van der Waals surface area contributed by atoms with E-state index < -0.39 is 5.97 Å². The van der Waals surface area contributed by atoms with Crippen molar-refractivity contribution in [3.63, 3.8) is 0 Å². The van der Waals surface area contributed by atoms with E-state index in [2.05, 4.69) is 5.32 Å². The highest BCUT2D eigenvalue weighted by molar-refractivity contribution is 7.12. The van der Waals surface area contributed by atoms with E-state index in [4.69, 9.17) is 18.6 Å². The Bertz CT molecular complexity index is 1400. The molecule has 0 spiro atoms. The van der Waals surface area contributed by atoms with Crippen molar-refractivity contribution in [2.45, 2.75) is 6.92 Å². The number of nitrogens with one attached hydrogen (secondary N) is 1. The first kappa shape index (κ1) is 23.1. The van der Waals surface area contributed by atoms with Crippen molar-refractivity contribution in [1.29, 1.82) is 0 Å². The molecule has 0 aliphatic heterocycles. The average molecular weight is 478 g/mol. The van der Waals surface area contributed by atoms with Crippen molar-refractivity contribution in [3.8, 4) is 22.6 Å². The van der Waals surface area contributed by atoms with E-state index in [1.54, 1.807) is 38.0 Å². The molecular weight excluding hydrogens is 454 g/mol. The molecule has 0 bridgehead atoms. The number of thiophene rings is 1. The van der Waals surface area contributed by atoms with E-state index in [1.165, 1.54) is 24.5 Å². The van der Waals surface area contributed by atoms with E-state index in [1.807, 2.05) is 37.3 Å². The number of benzene rings is 2. The molecule has 2 aromatic carbocycles. The Kier molecular flexibility index (Phi) is 6.70. The molecule has 4 aromatic rings. The predicted octanol–water partition coefficient (Wildman–Crippen LogP) is 6.01. The third-order valence-electron chi connectivity index (χ3n) is 5.36. The first-order valence-electron chi connectivity index (χ1n) is 10.3. The number of hydrogen-bond donors (Lipinski definition) is 1. The highest BCUT2D eigenvalue weighted by atomic mass is 32.1. The smallest absolute Gasteiger partial charge is 0.350 e. The van der Waals surface area contributed by atoms with Gasteiger partial charge in [0.05, 0.1) is 33.3 Å². The number of rotatable bonds is 7. The van der Waals surface area contributed by atoms with Gasteiger partial charge in [0.2, 0.25) is 5.91 Å². The molecule has 34 heavy (non-hydrogen) atoms. The maximum Gasteiger partial charge on any atom is 0.350 e. The first-order chi connectivity index (χ1) is 16.5. The van der Waals surface area contributed by atoms with Crippen LogP contribution in [-0.4, -0.2) is 33.2 Å². The largest absolute Gasteiger partial charge is 0.496 e. The van der Waals surface area contributed by atoms with Gasteiger partial charge in [0, 0.05) is 34.2 Å². The van der Waals surface area contributed by atoms with Crippen LogP contribution < -0.4 is 14.8 Å². The van der Waals surface area contributed by atoms with Gasteiger partial charge in [-0.3, -0.25) is 4.79 Å². The van der Waals surface area contributed by atoms with Gasteiger partial charge in [0.25, 0.3) is 0 Å². The van der Waals surface area contributed by atoms with E-state index in [0.29, 0.717) is 27.5 Å². The van der Waals surface area contributed by atoms with Gasteiger partial charge in [-0.1, -0.05) is 18.2 Å². The molecule has 0 unspecified atom stereocenters. The van der Waals surface area contributed by atoms with Gasteiger partial charge >= 0.3 is 5.97 Å². The van der Waals surface area contributed by atoms with Crippen LogP contribution in [0, 0.1) is 0 Å². The van der Waals surface area contributed by atoms with Crippen molar-refractivity contribution in [3.05, 3.63) is 70.6 Å². The molecule has 0 saturated heterocycles. The number of para-hydroxylation sites is 1. The molecule has 7 nitrogen and oxygen atoms in total. The van der Waals surface area contributed by atoms with Crippen LogP contribution in [-0.2, 0) is 9.53 Å². The van der Waals surface area contributed by atoms with Crippen LogP contribution in [0.4, 0.5) is 5.69 Å². The molecule has 0 aliphatic rings. The number of carbonyl (C=O) groups excluding carboxylic acids is 2. The molecule has 0 fully saturated rings. The fourth-order valence-corrected chi connectivity index (χ4v) is 4.48. The average Bonchev–Trinajstić information content (AvgIpc) is 3.49. The lowest BCUT2D eigenvalue weighted by atomic mass is 9.98. The van der Waals surface area contributed by atoms with Crippen LogP contribution in [0.5, 0.6) is 11.5 Å². The third kappa shape index (κ3) is 4.40. The Balaban J connectivity index is 1.71. The predicted molar refractivity (Wildman–Crippen MR) is 133 cm³/mol. The van der Waals surface area contributed by atoms with Gasteiger partial charge in [-0.05, 0) is 36.1 Å². The summed E-state index contributed by atoms with van der Waals surface area (Å²) in [6, 6.07) is 13.1. The third-order valence-corrected chi connectivity index (χ3v) is 6.25. The van der Waals surface area contributed by atoms with Crippen LogP contribution in [0.25, 0.3) is 27.7 Å². The van der Waals surface area contributed by atoms with E-state index in [9.17, 15) is 9.59 Å². The lowest BCUT2D eigenvalue weighted by molar-refractivity contribution is -0.111. The van der Waals surface area contributed by atoms with Gasteiger partial charge < -0.3 is 23.9 Å². The van der Waals surface area contributed by atoms with Gasteiger partial charge in [-0.2, -0.15) is 0 Å². The molecule has 0 saturated carbocycles. The standard InChI is InChI=1S/C26H23NO6S/c1-15(11-24(28)27-20-9-10-34-25(20)26(29)32-4)17-12-18-19(14-33-23(18)13-22(17)31-3)16-7-5-6-8-21(16)30-2/h5-14H,1-4H3,(H,27,28)/b15-11+. The maximum atomic E-state index is 12.7. The molecule has 174 valence electrons. The van der Waals surface area contributed by atoms with Crippen LogP contribution in [0.3, 0.4) is 0 Å². The minimum atomic E-state index is -0.498. The molecule has 2 aromatic heterocycles. The topological polar surface area (TPSA) is 87.0 Å². The number of ether oxygens (including phenoxy) is 3. The number of fused-ring (bicyclic) bond motifs is 1. The second-order valence-corrected chi connectivity index (χ2v) is 8.29. The zero-order chi connectivity index (χ0) is 24.2. The summed E-state index contributed by atoms with van der Waals surface area (Å²) in [6.45, 7) is 1.82. The Morgan fingerprint density at radius 2 is 1.76 bits per heavy atom. The Labute approximate surface area is 200 Å². The number of carbonyl (C=O) groups is 2. The van der Waals surface area contributed by atoms with Gasteiger partial charge in [-0.15, -0.1) is 11.3 Å². The molecule has 4 rings (SSSR count). The van der Waals surface area contributed by atoms with Gasteiger partial charge in [0.15, 0.2) is 0 Å². The molecule has 1 amide bonds. The van der Waals surface area contributed by atoms with Crippen LogP contribution in [0.1, 0.15) is 22.2 Å². The maximum absolute atomic E-state index is 12.7. The van der Waals surface area contributed by atoms with Crippen molar-refractivity contribution in [2.75, 3.05) is 26.6 Å². The summed E-state index contributed by atoms with van der Waals surface area (Å²) in [6.07, 6.45) is 3.15. The number of methoxy groups -OCH3 is 3. The minimum Gasteiger partial charge on any atom is -0.496 e. The molecule has 0 radical (unpaired) electrons. The summed E-state index contributed by atoms with van der Waals surface area (Å²) in [5, 5.41) is 5.32. The number of amides is 1. The number of furan rings is 1. The van der Waals surface area contributed by atoms with Crippen molar-refractivity contribution < 1.29 is 28.2 Å². The van der Waals surface area contributed by atoms with Crippen LogP contribution >= 0.6 is 11.3 Å². The molecule has 8 heteroatoms. The van der Waals surface area contributed by atoms with Crippen molar-refractivity contribution >= 4 is 45.4 Å². The molecule has 0 aliphatic carbocycles. The fourth-order valence-electron chi connectivity index (χ4n) is 3.71. The summed E-state index contributed by atoms with van der Waals surface area (Å²) in [4.78, 5) is 25.0. The second kappa shape index (κ2) is 9.84. The lowest BCUT2D eigenvalue weighted by Gasteiger charge is -2.11.